The summed E-state index contributed by atoms with van der Waals surface area (Å²) in [6, 6.07) is 15.5. The van der Waals surface area contributed by atoms with Crippen molar-refractivity contribution in [3.8, 4) is 5.75 Å². The summed E-state index contributed by atoms with van der Waals surface area (Å²) in [6.07, 6.45) is 1.85. The standard InChI is InChI=1S/C21H24N2O3/c1-16-4-10-19(11-5-16)26-14-12-22-20(24)15-17-6-8-18(9-7-17)23-13-2-3-21(23)25/h4-11H,2-3,12-15H2,1H3,(H,22,24). The third kappa shape index (κ3) is 4.85. The molecule has 2 amide bonds. The minimum atomic E-state index is -0.0393. The third-order valence-electron chi connectivity index (χ3n) is 4.40. The fraction of sp³-hybridized carbons (Fsp3) is 0.333. The smallest absolute Gasteiger partial charge is 0.227 e. The number of aryl methyl sites for hydroxylation is 1. The Morgan fingerprint density at radius 3 is 2.50 bits per heavy atom. The van der Waals surface area contributed by atoms with Crippen molar-refractivity contribution < 1.29 is 14.3 Å². The lowest BCUT2D eigenvalue weighted by Crippen LogP contribution is -2.29. The van der Waals surface area contributed by atoms with Crippen LogP contribution in [0.1, 0.15) is 24.0 Å². The highest BCUT2D eigenvalue weighted by Crippen LogP contribution is 2.21. The largest absolute Gasteiger partial charge is 0.492 e. The quantitative estimate of drug-likeness (QED) is 0.780. The first kappa shape index (κ1) is 18.0. The highest BCUT2D eigenvalue weighted by atomic mass is 16.5. The molecule has 0 aromatic heterocycles. The highest BCUT2D eigenvalue weighted by Gasteiger charge is 2.21. The summed E-state index contributed by atoms with van der Waals surface area (Å²) in [5.41, 5.74) is 3.02. The summed E-state index contributed by atoms with van der Waals surface area (Å²) < 4.78 is 5.59. The predicted molar refractivity (Wildman–Crippen MR) is 101 cm³/mol. The molecule has 1 aliphatic heterocycles. The molecule has 1 aliphatic rings. The van der Waals surface area contributed by atoms with E-state index in [0.29, 0.717) is 26.0 Å². The van der Waals surface area contributed by atoms with Gasteiger partial charge in [-0.3, -0.25) is 9.59 Å². The van der Waals surface area contributed by atoms with Crippen molar-refractivity contribution in [2.24, 2.45) is 0 Å². The van der Waals surface area contributed by atoms with Crippen LogP contribution in [0, 0.1) is 6.92 Å². The molecule has 26 heavy (non-hydrogen) atoms. The predicted octanol–water partition coefficient (Wildman–Crippen LogP) is 2.86. The molecule has 0 spiro atoms. The second kappa shape index (κ2) is 8.52. The van der Waals surface area contributed by atoms with Crippen LogP contribution in [-0.4, -0.2) is 31.5 Å². The molecule has 136 valence electrons. The number of carbonyl (C=O) groups excluding carboxylic acids is 2. The van der Waals surface area contributed by atoms with Gasteiger partial charge in [-0.25, -0.2) is 0 Å². The second-order valence-electron chi connectivity index (χ2n) is 6.50. The highest BCUT2D eigenvalue weighted by molar-refractivity contribution is 5.95. The minimum absolute atomic E-state index is 0.0393. The van der Waals surface area contributed by atoms with Gasteiger partial charge in [-0.2, -0.15) is 0 Å². The first-order valence-electron chi connectivity index (χ1n) is 8.97. The van der Waals surface area contributed by atoms with Crippen molar-refractivity contribution in [1.29, 1.82) is 0 Å². The van der Waals surface area contributed by atoms with Gasteiger partial charge >= 0.3 is 0 Å². The Labute approximate surface area is 154 Å². The first-order valence-corrected chi connectivity index (χ1v) is 8.97. The zero-order valence-electron chi connectivity index (χ0n) is 15.0. The molecule has 0 bridgehead atoms. The van der Waals surface area contributed by atoms with E-state index in [0.717, 1.165) is 30.0 Å². The van der Waals surface area contributed by atoms with Gasteiger partial charge in [0.1, 0.15) is 12.4 Å². The van der Waals surface area contributed by atoms with Crippen LogP contribution >= 0.6 is 0 Å². The Bertz CT molecular complexity index is 754. The molecular weight excluding hydrogens is 328 g/mol. The van der Waals surface area contributed by atoms with E-state index in [9.17, 15) is 9.59 Å². The van der Waals surface area contributed by atoms with Crippen molar-refractivity contribution in [1.82, 2.24) is 5.32 Å². The third-order valence-corrected chi connectivity index (χ3v) is 4.40. The van der Waals surface area contributed by atoms with Crippen molar-refractivity contribution in [3.05, 3.63) is 59.7 Å². The molecule has 0 saturated carbocycles. The number of amides is 2. The number of benzene rings is 2. The summed E-state index contributed by atoms with van der Waals surface area (Å²) in [4.78, 5) is 25.6. The van der Waals surface area contributed by atoms with Crippen molar-refractivity contribution >= 4 is 17.5 Å². The van der Waals surface area contributed by atoms with Crippen LogP contribution in [0.5, 0.6) is 5.75 Å². The fourth-order valence-corrected chi connectivity index (χ4v) is 2.96. The average molecular weight is 352 g/mol. The van der Waals surface area contributed by atoms with Crippen LogP contribution in [0.3, 0.4) is 0 Å². The van der Waals surface area contributed by atoms with Crippen molar-refractivity contribution in [2.45, 2.75) is 26.2 Å². The molecule has 1 fully saturated rings. The van der Waals surface area contributed by atoms with E-state index in [1.165, 1.54) is 5.56 Å². The van der Waals surface area contributed by atoms with Crippen LogP contribution in [0.25, 0.3) is 0 Å². The SMILES string of the molecule is Cc1ccc(OCCNC(=O)Cc2ccc(N3CCCC3=O)cc2)cc1. The molecule has 5 heteroatoms. The van der Waals surface area contributed by atoms with Crippen LogP contribution < -0.4 is 15.0 Å². The maximum atomic E-state index is 12.0. The number of ether oxygens (including phenoxy) is 1. The minimum Gasteiger partial charge on any atom is -0.492 e. The Morgan fingerprint density at radius 2 is 1.85 bits per heavy atom. The van der Waals surface area contributed by atoms with Gasteiger partial charge in [0.15, 0.2) is 0 Å². The van der Waals surface area contributed by atoms with Gasteiger partial charge in [0, 0.05) is 18.7 Å². The van der Waals surface area contributed by atoms with Gasteiger partial charge in [0.2, 0.25) is 11.8 Å². The van der Waals surface area contributed by atoms with Gasteiger partial charge < -0.3 is 15.0 Å². The van der Waals surface area contributed by atoms with E-state index in [1.807, 2.05) is 55.5 Å². The van der Waals surface area contributed by atoms with Gasteiger partial charge in [0.05, 0.1) is 13.0 Å². The lowest BCUT2D eigenvalue weighted by atomic mass is 10.1. The van der Waals surface area contributed by atoms with Crippen LogP contribution in [0.2, 0.25) is 0 Å². The normalized spacial score (nSPS) is 13.7. The van der Waals surface area contributed by atoms with E-state index in [2.05, 4.69) is 5.32 Å². The van der Waals surface area contributed by atoms with E-state index < -0.39 is 0 Å². The van der Waals surface area contributed by atoms with E-state index in [1.54, 1.807) is 4.90 Å². The fourth-order valence-electron chi connectivity index (χ4n) is 2.96. The van der Waals surface area contributed by atoms with Crippen LogP contribution in [0.15, 0.2) is 48.5 Å². The van der Waals surface area contributed by atoms with E-state index in [4.69, 9.17) is 4.74 Å². The maximum absolute atomic E-state index is 12.0. The number of nitrogens with zero attached hydrogens (tertiary/aromatic N) is 1. The number of nitrogens with one attached hydrogen (secondary N) is 1. The average Bonchev–Trinajstić information content (AvgIpc) is 3.07. The van der Waals surface area contributed by atoms with Gasteiger partial charge in [-0.15, -0.1) is 0 Å². The lowest BCUT2D eigenvalue weighted by Gasteiger charge is -2.15. The molecule has 3 rings (SSSR count). The Hall–Kier alpha value is -2.82. The Balaban J connectivity index is 1.40. The Morgan fingerprint density at radius 1 is 1.12 bits per heavy atom. The topological polar surface area (TPSA) is 58.6 Å². The van der Waals surface area contributed by atoms with Gasteiger partial charge in [0.25, 0.3) is 0 Å². The zero-order chi connectivity index (χ0) is 18.4. The molecular formula is C21H24N2O3. The molecule has 0 atom stereocenters. The molecule has 5 nitrogen and oxygen atoms in total. The number of anilines is 1. The van der Waals surface area contributed by atoms with Crippen molar-refractivity contribution in [2.75, 3.05) is 24.6 Å². The number of rotatable bonds is 7. The monoisotopic (exact) mass is 352 g/mol. The van der Waals surface area contributed by atoms with E-state index >= 15 is 0 Å². The van der Waals surface area contributed by atoms with Gasteiger partial charge in [-0.05, 0) is 43.2 Å². The molecule has 0 aliphatic carbocycles. The van der Waals surface area contributed by atoms with Crippen molar-refractivity contribution in [3.63, 3.8) is 0 Å². The maximum Gasteiger partial charge on any atom is 0.227 e. The summed E-state index contributed by atoms with van der Waals surface area (Å²) in [6.45, 7) is 3.71. The van der Waals surface area contributed by atoms with Gasteiger partial charge in [-0.1, -0.05) is 29.8 Å². The number of carbonyl (C=O) groups is 2. The molecule has 0 radical (unpaired) electrons. The van der Waals surface area contributed by atoms with Crippen LogP contribution in [0.4, 0.5) is 5.69 Å². The van der Waals surface area contributed by atoms with E-state index in [-0.39, 0.29) is 11.8 Å². The second-order valence-corrected chi connectivity index (χ2v) is 6.50. The summed E-state index contributed by atoms with van der Waals surface area (Å²) >= 11 is 0. The molecule has 1 heterocycles. The molecule has 1 saturated heterocycles. The zero-order valence-corrected chi connectivity index (χ0v) is 15.0. The number of hydrogen-bond acceptors (Lipinski definition) is 3. The molecule has 0 unspecified atom stereocenters. The number of hydrogen-bond donors (Lipinski definition) is 1. The Kier molecular flexibility index (Phi) is 5.89. The summed E-state index contributed by atoms with van der Waals surface area (Å²) in [5.74, 6) is 0.934. The molecule has 2 aromatic rings. The molecule has 2 aromatic carbocycles. The van der Waals surface area contributed by atoms with Crippen LogP contribution in [-0.2, 0) is 16.0 Å². The summed E-state index contributed by atoms with van der Waals surface area (Å²) in [5, 5.41) is 2.86. The summed E-state index contributed by atoms with van der Waals surface area (Å²) in [7, 11) is 0. The first-order chi connectivity index (χ1) is 12.6. The lowest BCUT2D eigenvalue weighted by molar-refractivity contribution is -0.120. The molecule has 1 N–H and O–H groups in total.